The van der Waals surface area contributed by atoms with E-state index in [4.69, 9.17) is 9.15 Å². The fourth-order valence-corrected chi connectivity index (χ4v) is 2.70. The van der Waals surface area contributed by atoms with Crippen LogP contribution in [0, 0.1) is 13.8 Å². The fourth-order valence-electron chi connectivity index (χ4n) is 2.09. The Morgan fingerprint density at radius 1 is 1.24 bits per heavy atom. The molecular formula is C17H22BrNO2. The van der Waals surface area contributed by atoms with Gasteiger partial charge in [-0.25, -0.2) is 0 Å². The SMILES string of the molecule is CCCNCc1oc(COc2ccc(C)cc2Br)cc1C. The lowest BCUT2D eigenvalue weighted by molar-refractivity contribution is 0.263. The maximum Gasteiger partial charge on any atom is 0.146 e. The van der Waals surface area contributed by atoms with Crippen molar-refractivity contribution >= 4 is 15.9 Å². The molecular weight excluding hydrogens is 330 g/mol. The van der Waals surface area contributed by atoms with Gasteiger partial charge in [-0.3, -0.25) is 0 Å². The molecule has 1 N–H and O–H groups in total. The minimum Gasteiger partial charge on any atom is -0.484 e. The van der Waals surface area contributed by atoms with Crippen molar-refractivity contribution in [2.24, 2.45) is 0 Å². The Labute approximate surface area is 134 Å². The Morgan fingerprint density at radius 2 is 2.05 bits per heavy atom. The van der Waals surface area contributed by atoms with Crippen LogP contribution in [0.25, 0.3) is 0 Å². The number of ether oxygens (including phenoxy) is 1. The van der Waals surface area contributed by atoms with Crippen molar-refractivity contribution < 1.29 is 9.15 Å². The molecule has 0 fully saturated rings. The number of rotatable bonds is 7. The third-order valence-electron chi connectivity index (χ3n) is 3.24. The second-order valence-corrected chi connectivity index (χ2v) is 6.07. The topological polar surface area (TPSA) is 34.4 Å². The van der Waals surface area contributed by atoms with Crippen LogP contribution >= 0.6 is 15.9 Å². The summed E-state index contributed by atoms with van der Waals surface area (Å²) < 4.78 is 12.6. The molecule has 2 aromatic rings. The standard InChI is InChI=1S/C17H22BrNO2/c1-4-7-19-10-17-13(3)9-14(21-17)11-20-16-6-5-12(2)8-15(16)18/h5-6,8-9,19H,4,7,10-11H2,1-3H3. The van der Waals surface area contributed by atoms with Gasteiger partial charge >= 0.3 is 0 Å². The van der Waals surface area contributed by atoms with E-state index in [9.17, 15) is 0 Å². The van der Waals surface area contributed by atoms with E-state index in [1.165, 1.54) is 11.1 Å². The number of halogens is 1. The average molecular weight is 352 g/mol. The summed E-state index contributed by atoms with van der Waals surface area (Å²) in [5, 5.41) is 3.35. The molecule has 0 aliphatic rings. The first-order valence-corrected chi connectivity index (χ1v) is 8.07. The molecule has 0 radical (unpaired) electrons. The molecule has 0 amide bonds. The minimum atomic E-state index is 0.441. The van der Waals surface area contributed by atoms with Crippen molar-refractivity contribution in [2.45, 2.75) is 40.3 Å². The van der Waals surface area contributed by atoms with Gasteiger partial charge < -0.3 is 14.5 Å². The summed E-state index contributed by atoms with van der Waals surface area (Å²) in [6.07, 6.45) is 1.12. The predicted molar refractivity (Wildman–Crippen MR) is 88.7 cm³/mol. The van der Waals surface area contributed by atoms with Gasteiger partial charge in [0, 0.05) is 0 Å². The molecule has 0 bridgehead atoms. The van der Waals surface area contributed by atoms with Gasteiger partial charge in [0.1, 0.15) is 23.9 Å². The zero-order valence-electron chi connectivity index (χ0n) is 12.8. The third kappa shape index (κ3) is 4.61. The largest absolute Gasteiger partial charge is 0.484 e. The normalized spacial score (nSPS) is 10.9. The molecule has 1 aromatic carbocycles. The molecule has 3 nitrogen and oxygen atoms in total. The summed E-state index contributed by atoms with van der Waals surface area (Å²) in [5.74, 6) is 2.68. The lowest BCUT2D eigenvalue weighted by Gasteiger charge is -2.07. The van der Waals surface area contributed by atoms with E-state index in [1.807, 2.05) is 24.3 Å². The summed E-state index contributed by atoms with van der Waals surface area (Å²) in [5.41, 5.74) is 2.37. The van der Waals surface area contributed by atoms with Crippen LogP contribution in [-0.2, 0) is 13.2 Å². The quantitative estimate of drug-likeness (QED) is 0.731. The number of aryl methyl sites for hydroxylation is 2. The van der Waals surface area contributed by atoms with E-state index in [0.717, 1.165) is 41.3 Å². The summed E-state index contributed by atoms with van der Waals surface area (Å²) in [6.45, 7) is 8.49. The van der Waals surface area contributed by atoms with E-state index in [1.54, 1.807) is 0 Å². The van der Waals surface area contributed by atoms with Crippen LogP contribution in [0.15, 0.2) is 33.2 Å². The van der Waals surface area contributed by atoms with E-state index < -0.39 is 0 Å². The Balaban J connectivity index is 1.95. The Morgan fingerprint density at radius 3 is 2.76 bits per heavy atom. The van der Waals surface area contributed by atoms with Crippen LogP contribution in [0.2, 0.25) is 0 Å². The average Bonchev–Trinajstić information content (AvgIpc) is 2.79. The molecule has 1 heterocycles. The smallest absolute Gasteiger partial charge is 0.146 e. The zero-order chi connectivity index (χ0) is 15.2. The maximum atomic E-state index is 5.84. The predicted octanol–water partition coefficient (Wildman–Crippen LogP) is 4.74. The molecule has 0 aliphatic carbocycles. The number of nitrogens with one attached hydrogen (secondary N) is 1. The lowest BCUT2D eigenvalue weighted by atomic mass is 10.2. The van der Waals surface area contributed by atoms with E-state index >= 15 is 0 Å². The Bertz CT molecular complexity index is 592. The molecule has 0 spiro atoms. The van der Waals surface area contributed by atoms with Gasteiger partial charge in [-0.2, -0.15) is 0 Å². The summed E-state index contributed by atoms with van der Waals surface area (Å²) >= 11 is 3.52. The molecule has 114 valence electrons. The molecule has 0 saturated heterocycles. The van der Waals surface area contributed by atoms with Crippen LogP contribution in [-0.4, -0.2) is 6.54 Å². The maximum absolute atomic E-state index is 5.84. The first-order chi connectivity index (χ1) is 10.1. The van der Waals surface area contributed by atoms with Crippen molar-refractivity contribution in [3.05, 3.63) is 51.4 Å². The highest BCUT2D eigenvalue weighted by atomic mass is 79.9. The molecule has 21 heavy (non-hydrogen) atoms. The van der Waals surface area contributed by atoms with Crippen LogP contribution in [0.5, 0.6) is 5.75 Å². The monoisotopic (exact) mass is 351 g/mol. The highest BCUT2D eigenvalue weighted by Gasteiger charge is 2.09. The van der Waals surface area contributed by atoms with E-state index in [0.29, 0.717) is 6.61 Å². The Kier molecular flexibility index (Phi) is 5.88. The summed E-state index contributed by atoms with van der Waals surface area (Å²) in [7, 11) is 0. The molecule has 0 atom stereocenters. The van der Waals surface area contributed by atoms with Crippen molar-refractivity contribution in [3.63, 3.8) is 0 Å². The third-order valence-corrected chi connectivity index (χ3v) is 3.86. The first kappa shape index (κ1) is 16.1. The first-order valence-electron chi connectivity index (χ1n) is 7.28. The van der Waals surface area contributed by atoms with Crippen LogP contribution < -0.4 is 10.1 Å². The highest BCUT2D eigenvalue weighted by Crippen LogP contribution is 2.27. The molecule has 4 heteroatoms. The van der Waals surface area contributed by atoms with Crippen LogP contribution in [0.4, 0.5) is 0 Å². The van der Waals surface area contributed by atoms with Gasteiger partial charge in [0.15, 0.2) is 0 Å². The van der Waals surface area contributed by atoms with Crippen molar-refractivity contribution in [1.29, 1.82) is 0 Å². The van der Waals surface area contributed by atoms with E-state index in [-0.39, 0.29) is 0 Å². The van der Waals surface area contributed by atoms with Gasteiger partial charge in [0.25, 0.3) is 0 Å². The van der Waals surface area contributed by atoms with Crippen molar-refractivity contribution in [2.75, 3.05) is 6.54 Å². The molecule has 2 rings (SSSR count). The second-order valence-electron chi connectivity index (χ2n) is 5.22. The Hall–Kier alpha value is -1.26. The van der Waals surface area contributed by atoms with Crippen LogP contribution in [0.3, 0.4) is 0 Å². The summed E-state index contributed by atoms with van der Waals surface area (Å²) in [6, 6.07) is 8.10. The van der Waals surface area contributed by atoms with E-state index in [2.05, 4.69) is 42.0 Å². The number of benzene rings is 1. The van der Waals surface area contributed by atoms with Crippen LogP contribution in [0.1, 0.15) is 36.0 Å². The number of furan rings is 1. The molecule has 0 saturated carbocycles. The van der Waals surface area contributed by atoms with Gasteiger partial charge in [-0.15, -0.1) is 0 Å². The molecule has 0 unspecified atom stereocenters. The number of hydrogen-bond acceptors (Lipinski definition) is 3. The lowest BCUT2D eigenvalue weighted by Crippen LogP contribution is -2.13. The highest BCUT2D eigenvalue weighted by molar-refractivity contribution is 9.10. The van der Waals surface area contributed by atoms with Gasteiger partial charge in [0.05, 0.1) is 11.0 Å². The van der Waals surface area contributed by atoms with Gasteiger partial charge in [-0.05, 0) is 72.1 Å². The zero-order valence-corrected chi connectivity index (χ0v) is 14.4. The van der Waals surface area contributed by atoms with Crippen molar-refractivity contribution in [1.82, 2.24) is 5.32 Å². The minimum absolute atomic E-state index is 0.441. The fraction of sp³-hybridized carbons (Fsp3) is 0.412. The summed E-state index contributed by atoms with van der Waals surface area (Å²) in [4.78, 5) is 0. The molecule has 0 aliphatic heterocycles. The van der Waals surface area contributed by atoms with Gasteiger partial charge in [-0.1, -0.05) is 13.0 Å². The van der Waals surface area contributed by atoms with Gasteiger partial charge in [0.2, 0.25) is 0 Å². The molecule has 1 aromatic heterocycles. The second kappa shape index (κ2) is 7.66. The number of hydrogen-bond donors (Lipinski definition) is 1. The van der Waals surface area contributed by atoms with Crippen molar-refractivity contribution in [3.8, 4) is 5.75 Å².